The van der Waals surface area contributed by atoms with E-state index in [2.05, 4.69) is 101 Å². The van der Waals surface area contributed by atoms with E-state index in [0.717, 1.165) is 46.2 Å². The van der Waals surface area contributed by atoms with Crippen molar-refractivity contribution in [2.24, 2.45) is 0 Å². The minimum absolute atomic E-state index is 0.846. The Bertz CT molecular complexity index is 1980. The molecule has 166 valence electrons. The highest BCUT2D eigenvalue weighted by atomic mass is 16.5. The van der Waals surface area contributed by atoms with Crippen molar-refractivity contribution >= 4 is 43.6 Å². The van der Waals surface area contributed by atoms with Crippen LogP contribution in [-0.4, -0.2) is 14.1 Å². The average Bonchev–Trinajstić information content (AvgIpc) is 3.46. The largest absolute Gasteiger partial charge is 0.451 e. The van der Waals surface area contributed by atoms with Crippen LogP contribution in [0.3, 0.4) is 0 Å². The third kappa shape index (κ3) is 2.38. The van der Waals surface area contributed by atoms with Gasteiger partial charge in [0, 0.05) is 17.2 Å². The summed E-state index contributed by atoms with van der Waals surface area (Å²) in [6.45, 7) is 2.15. The van der Waals surface area contributed by atoms with E-state index in [-0.39, 0.29) is 0 Å². The number of benzene rings is 5. The van der Waals surface area contributed by atoms with E-state index >= 15 is 0 Å². The van der Waals surface area contributed by atoms with Crippen molar-refractivity contribution in [1.29, 1.82) is 0 Å². The first-order valence-corrected chi connectivity index (χ1v) is 12.1. The van der Waals surface area contributed by atoms with Gasteiger partial charge in [-0.1, -0.05) is 67.6 Å². The maximum atomic E-state index is 6.67. The third-order valence-electron chi connectivity index (χ3n) is 7.26. The Morgan fingerprint density at radius 1 is 0.686 bits per heavy atom. The van der Waals surface area contributed by atoms with Gasteiger partial charge in [0.1, 0.15) is 11.3 Å². The molecule has 2 aromatic heterocycles. The molecule has 0 amide bonds. The summed E-state index contributed by atoms with van der Waals surface area (Å²) in [5.41, 5.74) is 6.40. The number of rotatable bonds is 2. The Hall–Kier alpha value is -4.57. The summed E-state index contributed by atoms with van der Waals surface area (Å²) in [6, 6.07) is 34.2. The number of fused-ring (bicyclic) bond motifs is 7. The zero-order valence-corrected chi connectivity index (χ0v) is 19.2. The second-order valence-corrected chi connectivity index (χ2v) is 9.10. The van der Waals surface area contributed by atoms with Gasteiger partial charge >= 0.3 is 0 Å². The van der Waals surface area contributed by atoms with Gasteiger partial charge in [0.15, 0.2) is 11.5 Å². The van der Waals surface area contributed by atoms with Gasteiger partial charge in [0.05, 0.1) is 27.9 Å². The Morgan fingerprint density at radius 2 is 1.49 bits per heavy atom. The topological polar surface area (TPSA) is 32.0 Å². The summed E-state index contributed by atoms with van der Waals surface area (Å²) in [5, 5.41) is 5.02. The van der Waals surface area contributed by atoms with Crippen molar-refractivity contribution in [2.45, 2.75) is 13.3 Å². The average molecular weight is 452 g/mol. The molecule has 5 aromatic carbocycles. The molecular weight excluding hydrogens is 430 g/mol. The van der Waals surface area contributed by atoms with E-state index in [1.807, 2.05) is 12.1 Å². The number of hydrogen-bond acceptors (Lipinski definition) is 2. The van der Waals surface area contributed by atoms with Crippen molar-refractivity contribution in [3.8, 4) is 22.9 Å². The van der Waals surface area contributed by atoms with Crippen molar-refractivity contribution < 1.29 is 4.74 Å². The number of imidazole rings is 1. The molecule has 4 nitrogen and oxygen atoms in total. The molecule has 0 spiro atoms. The summed E-state index contributed by atoms with van der Waals surface area (Å²) >= 11 is 0. The first-order chi connectivity index (χ1) is 17.3. The molecule has 0 saturated heterocycles. The van der Waals surface area contributed by atoms with Gasteiger partial charge in [-0.2, -0.15) is 0 Å². The van der Waals surface area contributed by atoms with Crippen LogP contribution in [0.1, 0.15) is 12.7 Å². The smallest absolute Gasteiger partial charge is 0.177 e. The Balaban J connectivity index is 1.55. The van der Waals surface area contributed by atoms with Crippen LogP contribution in [-0.2, 0) is 6.42 Å². The van der Waals surface area contributed by atoms with Crippen LogP contribution in [0.4, 0.5) is 0 Å². The summed E-state index contributed by atoms with van der Waals surface area (Å²) in [4.78, 5) is 4.96. The quantitative estimate of drug-likeness (QED) is 0.267. The van der Waals surface area contributed by atoms with Crippen LogP contribution < -0.4 is 4.74 Å². The fourth-order valence-electron chi connectivity index (χ4n) is 5.78. The lowest BCUT2D eigenvalue weighted by atomic mass is 10.0. The first-order valence-electron chi connectivity index (χ1n) is 12.1. The lowest BCUT2D eigenvalue weighted by molar-refractivity contribution is 0.472. The van der Waals surface area contributed by atoms with Crippen LogP contribution in [0.5, 0.6) is 11.5 Å². The fraction of sp³-hybridized carbons (Fsp3) is 0.0645. The molecule has 0 saturated carbocycles. The van der Waals surface area contributed by atoms with Crippen LogP contribution in [0, 0.1) is 0 Å². The highest BCUT2D eigenvalue weighted by Gasteiger charge is 2.27. The van der Waals surface area contributed by atoms with E-state index in [1.54, 1.807) is 0 Å². The molecule has 0 atom stereocenters. The molecule has 8 rings (SSSR count). The predicted molar refractivity (Wildman–Crippen MR) is 142 cm³/mol. The molecular formula is C31H21N3O. The van der Waals surface area contributed by atoms with E-state index in [1.165, 1.54) is 32.6 Å². The van der Waals surface area contributed by atoms with Gasteiger partial charge in [-0.15, -0.1) is 0 Å². The van der Waals surface area contributed by atoms with Crippen LogP contribution in [0.15, 0.2) is 97.1 Å². The van der Waals surface area contributed by atoms with Crippen molar-refractivity contribution in [2.75, 3.05) is 0 Å². The zero-order chi connectivity index (χ0) is 23.1. The third-order valence-corrected chi connectivity index (χ3v) is 7.26. The van der Waals surface area contributed by atoms with Gasteiger partial charge in [0.25, 0.3) is 0 Å². The number of aromatic nitrogens is 3. The highest BCUT2D eigenvalue weighted by molar-refractivity contribution is 6.21. The minimum Gasteiger partial charge on any atom is -0.451 e. The SMILES string of the molecule is CCc1nc2ccc(-n3c4ccccc4c4c5ccccc5ccc43)c3c2n1-c1ccccc1O3. The van der Waals surface area contributed by atoms with Crippen LogP contribution in [0.2, 0.25) is 0 Å². The van der Waals surface area contributed by atoms with Gasteiger partial charge < -0.3 is 9.30 Å². The second-order valence-electron chi connectivity index (χ2n) is 9.10. The van der Waals surface area contributed by atoms with Crippen molar-refractivity contribution in [3.63, 3.8) is 0 Å². The number of aryl methyl sites for hydroxylation is 1. The molecule has 0 unspecified atom stereocenters. The molecule has 35 heavy (non-hydrogen) atoms. The molecule has 0 N–H and O–H groups in total. The van der Waals surface area contributed by atoms with E-state index in [4.69, 9.17) is 9.72 Å². The maximum absolute atomic E-state index is 6.67. The van der Waals surface area contributed by atoms with Crippen LogP contribution in [0.25, 0.3) is 55.0 Å². The van der Waals surface area contributed by atoms with Crippen LogP contribution >= 0.6 is 0 Å². The normalized spacial score (nSPS) is 12.5. The summed E-state index contributed by atoms with van der Waals surface area (Å²) in [6.07, 6.45) is 0.846. The standard InChI is InChI=1S/C31H21N3O/c1-2-28-32-22-16-18-26(31-30(22)34(28)24-13-7-8-14-27(24)35-31)33-23-12-6-5-11-21(23)29-20-10-4-3-9-19(20)15-17-25(29)33/h3-18H,2H2,1H3. The van der Waals surface area contributed by atoms with E-state index in [0.29, 0.717) is 0 Å². The molecule has 3 heterocycles. The zero-order valence-electron chi connectivity index (χ0n) is 19.2. The summed E-state index contributed by atoms with van der Waals surface area (Å²) in [5.74, 6) is 2.75. The van der Waals surface area contributed by atoms with Gasteiger partial charge in [-0.25, -0.2) is 4.98 Å². The lowest BCUT2D eigenvalue weighted by Crippen LogP contribution is -2.09. The van der Waals surface area contributed by atoms with Gasteiger partial charge in [-0.05, 0) is 47.2 Å². The van der Waals surface area contributed by atoms with Crippen molar-refractivity contribution in [3.05, 3.63) is 103 Å². The molecule has 0 radical (unpaired) electrons. The molecule has 4 heteroatoms. The molecule has 1 aliphatic heterocycles. The number of hydrogen-bond donors (Lipinski definition) is 0. The molecule has 0 fully saturated rings. The molecule has 7 aromatic rings. The fourth-order valence-corrected chi connectivity index (χ4v) is 5.78. The monoisotopic (exact) mass is 451 g/mol. The first kappa shape index (κ1) is 18.8. The van der Waals surface area contributed by atoms with E-state index < -0.39 is 0 Å². The Kier molecular flexibility index (Phi) is 3.62. The van der Waals surface area contributed by atoms with Crippen molar-refractivity contribution in [1.82, 2.24) is 14.1 Å². The van der Waals surface area contributed by atoms with Gasteiger partial charge in [0.2, 0.25) is 0 Å². The Labute approximate surface area is 201 Å². The maximum Gasteiger partial charge on any atom is 0.177 e. The molecule has 0 bridgehead atoms. The summed E-state index contributed by atoms with van der Waals surface area (Å²) in [7, 11) is 0. The number of nitrogens with zero attached hydrogens (tertiary/aromatic N) is 3. The second kappa shape index (κ2) is 6.73. The number of ether oxygens (including phenoxy) is 1. The summed E-state index contributed by atoms with van der Waals surface area (Å²) < 4.78 is 11.3. The number of para-hydroxylation sites is 3. The molecule has 0 aliphatic carbocycles. The lowest BCUT2D eigenvalue weighted by Gasteiger charge is -2.23. The highest BCUT2D eigenvalue weighted by Crippen LogP contribution is 2.47. The van der Waals surface area contributed by atoms with E-state index in [9.17, 15) is 0 Å². The minimum atomic E-state index is 0.846. The Morgan fingerprint density at radius 3 is 2.40 bits per heavy atom. The molecule has 1 aliphatic rings. The van der Waals surface area contributed by atoms with Gasteiger partial charge in [-0.3, -0.25) is 4.57 Å². The predicted octanol–water partition coefficient (Wildman–Crippen LogP) is 7.94.